The monoisotopic (exact) mass is 415 g/mol. The zero-order chi connectivity index (χ0) is 21.1. The number of carbonyl (C=O) groups excluding carboxylic acids is 2. The zero-order valence-corrected chi connectivity index (χ0v) is 17.2. The fourth-order valence-electron chi connectivity index (χ4n) is 2.57. The Morgan fingerprint density at radius 1 is 1.18 bits per heavy atom. The molecule has 1 aromatic rings. The van der Waals surface area contributed by atoms with Gasteiger partial charge in [0.05, 0.1) is 17.6 Å². The summed E-state index contributed by atoms with van der Waals surface area (Å²) in [7, 11) is -4.11. The highest BCUT2D eigenvalue weighted by Gasteiger charge is 2.45. The van der Waals surface area contributed by atoms with Crippen molar-refractivity contribution in [3.8, 4) is 0 Å². The first-order valence-corrected chi connectivity index (χ1v) is 10.1. The summed E-state index contributed by atoms with van der Waals surface area (Å²) in [5.41, 5.74) is 2.01. The number of hydrogen-bond donors (Lipinski definition) is 1. The highest BCUT2D eigenvalue weighted by Crippen LogP contribution is 2.28. The number of amides is 1. The molecule has 1 aromatic carbocycles. The SMILES string of the molecule is Cc1ccc(S(=O)(=O)OC2COC(C)C2C(=O)ONC(=O)OC(C)(C)C)cc1. The maximum atomic E-state index is 12.5. The first-order valence-electron chi connectivity index (χ1n) is 8.70. The molecule has 3 atom stereocenters. The first-order chi connectivity index (χ1) is 12.9. The second kappa shape index (κ2) is 8.46. The van der Waals surface area contributed by atoms with Gasteiger partial charge < -0.3 is 14.3 Å². The molecule has 0 spiro atoms. The van der Waals surface area contributed by atoms with Crippen LogP contribution in [0.2, 0.25) is 0 Å². The van der Waals surface area contributed by atoms with Gasteiger partial charge in [0, 0.05) is 0 Å². The molecule has 156 valence electrons. The fraction of sp³-hybridized carbons (Fsp3) is 0.556. The molecule has 1 aliphatic heterocycles. The minimum absolute atomic E-state index is 0.0309. The molecule has 1 fully saturated rings. The minimum Gasteiger partial charge on any atom is -0.442 e. The normalized spacial score (nSPS) is 22.5. The lowest BCUT2D eigenvalue weighted by atomic mass is 10.0. The third-order valence-corrected chi connectivity index (χ3v) is 5.25. The van der Waals surface area contributed by atoms with Crippen molar-refractivity contribution in [2.75, 3.05) is 6.61 Å². The molecular formula is C18H25NO8S. The van der Waals surface area contributed by atoms with Gasteiger partial charge in [-0.15, -0.1) is 5.48 Å². The van der Waals surface area contributed by atoms with Gasteiger partial charge in [-0.25, -0.2) is 9.59 Å². The number of carbonyl (C=O) groups is 2. The Bertz CT molecular complexity index is 813. The van der Waals surface area contributed by atoms with Crippen LogP contribution >= 0.6 is 0 Å². The molecule has 0 saturated carbocycles. The van der Waals surface area contributed by atoms with E-state index in [1.54, 1.807) is 39.8 Å². The first kappa shape index (κ1) is 22.1. The Kier molecular flexibility index (Phi) is 6.68. The lowest BCUT2D eigenvalue weighted by Gasteiger charge is -2.21. The maximum Gasteiger partial charge on any atom is 0.441 e. The lowest BCUT2D eigenvalue weighted by Crippen LogP contribution is -2.40. The van der Waals surface area contributed by atoms with E-state index < -0.39 is 45.9 Å². The molecule has 0 aliphatic carbocycles. The molecule has 28 heavy (non-hydrogen) atoms. The van der Waals surface area contributed by atoms with E-state index in [0.717, 1.165) is 5.56 Å². The van der Waals surface area contributed by atoms with Crippen molar-refractivity contribution < 1.29 is 36.5 Å². The summed E-state index contributed by atoms with van der Waals surface area (Å²) in [5.74, 6) is -1.94. The van der Waals surface area contributed by atoms with Gasteiger partial charge in [0.15, 0.2) is 0 Å². The van der Waals surface area contributed by atoms with E-state index >= 15 is 0 Å². The number of hydrogen-bond acceptors (Lipinski definition) is 8. The summed E-state index contributed by atoms with van der Waals surface area (Å²) in [6, 6.07) is 6.11. The summed E-state index contributed by atoms with van der Waals surface area (Å²) < 4.78 is 40.5. The van der Waals surface area contributed by atoms with Crippen LogP contribution in [0.25, 0.3) is 0 Å². The van der Waals surface area contributed by atoms with E-state index in [-0.39, 0.29) is 11.5 Å². The molecule has 9 nitrogen and oxygen atoms in total. The van der Waals surface area contributed by atoms with Crippen LogP contribution in [0.15, 0.2) is 29.2 Å². The smallest absolute Gasteiger partial charge is 0.441 e. The Morgan fingerprint density at radius 2 is 1.79 bits per heavy atom. The largest absolute Gasteiger partial charge is 0.442 e. The number of nitrogens with one attached hydrogen (secondary N) is 1. The molecule has 1 heterocycles. The number of ether oxygens (including phenoxy) is 2. The van der Waals surface area contributed by atoms with E-state index in [0.29, 0.717) is 0 Å². The van der Waals surface area contributed by atoms with Gasteiger partial charge in [0.1, 0.15) is 17.6 Å². The quantitative estimate of drug-likeness (QED) is 0.587. The van der Waals surface area contributed by atoms with Crippen LogP contribution in [0, 0.1) is 12.8 Å². The molecule has 0 bridgehead atoms. The van der Waals surface area contributed by atoms with Gasteiger partial charge >= 0.3 is 12.1 Å². The molecule has 2 rings (SSSR count). The van der Waals surface area contributed by atoms with Gasteiger partial charge in [0.2, 0.25) is 0 Å². The van der Waals surface area contributed by atoms with Gasteiger partial charge in [-0.05, 0) is 46.8 Å². The van der Waals surface area contributed by atoms with Crippen LogP contribution in [0.1, 0.15) is 33.3 Å². The number of benzene rings is 1. The maximum absolute atomic E-state index is 12.5. The average Bonchev–Trinajstić information content (AvgIpc) is 2.91. The Morgan fingerprint density at radius 3 is 2.36 bits per heavy atom. The van der Waals surface area contributed by atoms with E-state index in [1.165, 1.54) is 12.1 Å². The van der Waals surface area contributed by atoms with Crippen LogP contribution in [0.3, 0.4) is 0 Å². The van der Waals surface area contributed by atoms with E-state index in [4.69, 9.17) is 18.5 Å². The summed E-state index contributed by atoms with van der Waals surface area (Å²) in [5, 5.41) is 0. The van der Waals surface area contributed by atoms with Crippen LogP contribution in [-0.4, -0.2) is 44.9 Å². The van der Waals surface area contributed by atoms with Gasteiger partial charge in [0.25, 0.3) is 10.1 Å². The van der Waals surface area contributed by atoms with Crippen molar-refractivity contribution in [2.45, 2.75) is 57.3 Å². The fourth-order valence-corrected chi connectivity index (χ4v) is 3.65. The van der Waals surface area contributed by atoms with Crippen molar-refractivity contribution in [3.05, 3.63) is 29.8 Å². The second-order valence-corrected chi connectivity index (χ2v) is 9.06. The van der Waals surface area contributed by atoms with E-state index in [2.05, 4.69) is 0 Å². The highest BCUT2D eigenvalue weighted by molar-refractivity contribution is 7.86. The summed E-state index contributed by atoms with van der Waals surface area (Å²) in [6.45, 7) is 8.26. The lowest BCUT2D eigenvalue weighted by molar-refractivity contribution is -0.159. The molecule has 1 saturated heterocycles. The molecule has 1 aliphatic rings. The van der Waals surface area contributed by atoms with Crippen LogP contribution in [0.4, 0.5) is 4.79 Å². The van der Waals surface area contributed by atoms with Crippen molar-refractivity contribution in [3.63, 3.8) is 0 Å². The number of rotatable bonds is 4. The van der Waals surface area contributed by atoms with Crippen LogP contribution in [-0.2, 0) is 33.4 Å². The topological polar surface area (TPSA) is 117 Å². The second-order valence-electron chi connectivity index (χ2n) is 7.49. The van der Waals surface area contributed by atoms with E-state index in [1.807, 2.05) is 12.4 Å². The molecule has 1 amide bonds. The Balaban J connectivity index is 2.03. The van der Waals surface area contributed by atoms with Crippen molar-refractivity contribution >= 4 is 22.2 Å². The van der Waals surface area contributed by atoms with Crippen molar-refractivity contribution in [1.29, 1.82) is 0 Å². The van der Waals surface area contributed by atoms with Crippen molar-refractivity contribution in [1.82, 2.24) is 5.48 Å². The highest BCUT2D eigenvalue weighted by atomic mass is 32.2. The average molecular weight is 415 g/mol. The van der Waals surface area contributed by atoms with Crippen LogP contribution < -0.4 is 5.48 Å². The van der Waals surface area contributed by atoms with Gasteiger partial charge in [-0.1, -0.05) is 17.7 Å². The van der Waals surface area contributed by atoms with Gasteiger partial charge in [-0.2, -0.15) is 8.42 Å². The molecule has 0 radical (unpaired) electrons. The minimum atomic E-state index is -4.11. The summed E-state index contributed by atoms with van der Waals surface area (Å²) >= 11 is 0. The van der Waals surface area contributed by atoms with Gasteiger partial charge in [-0.3, -0.25) is 4.18 Å². The van der Waals surface area contributed by atoms with E-state index in [9.17, 15) is 18.0 Å². The molecular weight excluding hydrogens is 390 g/mol. The molecule has 10 heteroatoms. The summed E-state index contributed by atoms with van der Waals surface area (Å²) in [4.78, 5) is 28.7. The molecule has 0 aromatic heterocycles. The molecule has 3 unspecified atom stereocenters. The number of hydroxylamine groups is 1. The van der Waals surface area contributed by atoms with Crippen molar-refractivity contribution in [2.24, 2.45) is 5.92 Å². The predicted molar refractivity (Wildman–Crippen MR) is 97.6 cm³/mol. The number of aryl methyl sites for hydroxylation is 1. The predicted octanol–water partition coefficient (Wildman–Crippen LogP) is 2.09. The summed E-state index contributed by atoms with van der Waals surface area (Å²) in [6.07, 6.45) is -2.70. The third kappa shape index (κ3) is 5.91. The third-order valence-electron chi connectivity index (χ3n) is 3.90. The van der Waals surface area contributed by atoms with Crippen LogP contribution in [0.5, 0.6) is 0 Å². The standard InChI is InChI=1S/C18H25NO8S/c1-11-6-8-13(9-7-11)28(22,23)27-14-10-24-12(2)15(14)16(20)26-19-17(21)25-18(3,4)5/h6-9,12,14-15H,10H2,1-5H3,(H,19,21). The Hall–Kier alpha value is -2.17. The Labute approximate surface area is 164 Å². The molecule has 1 N–H and O–H groups in total. The zero-order valence-electron chi connectivity index (χ0n) is 16.4.